The van der Waals surface area contributed by atoms with Crippen molar-refractivity contribution in [1.82, 2.24) is 15.2 Å². The molecule has 1 aromatic heterocycles. The van der Waals surface area contributed by atoms with E-state index in [1.807, 2.05) is 7.05 Å². The molecule has 0 spiro atoms. The Bertz CT molecular complexity index is 369. The molecule has 2 N–H and O–H groups in total. The molecular formula is C10H14ClN3O. The highest BCUT2D eigenvalue weighted by atomic mass is 35.5. The number of aryl methyl sites for hydroxylation is 1. The molecule has 0 saturated carbocycles. The number of aromatic nitrogens is 1. The third-order valence-electron chi connectivity index (χ3n) is 2.60. The maximum absolute atomic E-state index is 11.8. The Morgan fingerprint density at radius 2 is 2.53 bits per heavy atom. The van der Waals surface area contributed by atoms with E-state index in [2.05, 4.69) is 10.6 Å². The van der Waals surface area contributed by atoms with Gasteiger partial charge in [0.1, 0.15) is 5.69 Å². The molecule has 4 nitrogen and oxygen atoms in total. The molecule has 0 aliphatic carbocycles. The van der Waals surface area contributed by atoms with Gasteiger partial charge in [0.2, 0.25) is 0 Å². The van der Waals surface area contributed by atoms with Crippen LogP contribution in [0.25, 0.3) is 0 Å². The Labute approximate surface area is 93.6 Å². The van der Waals surface area contributed by atoms with Crippen molar-refractivity contribution in [3.8, 4) is 0 Å². The van der Waals surface area contributed by atoms with Crippen molar-refractivity contribution in [3.63, 3.8) is 0 Å². The van der Waals surface area contributed by atoms with Crippen molar-refractivity contribution in [2.45, 2.75) is 12.5 Å². The highest BCUT2D eigenvalue weighted by Gasteiger charge is 2.19. The van der Waals surface area contributed by atoms with Crippen LogP contribution in [0.3, 0.4) is 0 Å². The van der Waals surface area contributed by atoms with Crippen LogP contribution in [0.4, 0.5) is 0 Å². The topological polar surface area (TPSA) is 46.1 Å². The minimum atomic E-state index is -0.0573. The van der Waals surface area contributed by atoms with Gasteiger partial charge in [-0.3, -0.25) is 4.79 Å². The molecule has 1 aromatic rings. The Morgan fingerprint density at radius 3 is 3.07 bits per heavy atom. The first-order valence-electron chi connectivity index (χ1n) is 5.00. The standard InChI is InChI=1S/C10H14ClN3O/c1-14-6-7(11)4-9(14)10(15)13-8-2-3-12-5-8/h4,6,8,12H,2-3,5H2,1H3,(H,13,15)/t8-/m0/s1. The normalized spacial score (nSPS) is 20.5. The molecule has 15 heavy (non-hydrogen) atoms. The van der Waals surface area contributed by atoms with E-state index in [-0.39, 0.29) is 11.9 Å². The van der Waals surface area contributed by atoms with Gasteiger partial charge in [-0.15, -0.1) is 0 Å². The van der Waals surface area contributed by atoms with Crippen molar-refractivity contribution < 1.29 is 4.79 Å². The minimum absolute atomic E-state index is 0.0573. The Kier molecular flexibility index (Phi) is 2.98. The van der Waals surface area contributed by atoms with Gasteiger partial charge < -0.3 is 15.2 Å². The molecule has 0 aromatic carbocycles. The lowest BCUT2D eigenvalue weighted by Crippen LogP contribution is -2.37. The van der Waals surface area contributed by atoms with E-state index < -0.39 is 0 Å². The van der Waals surface area contributed by atoms with Crippen LogP contribution in [0, 0.1) is 0 Å². The van der Waals surface area contributed by atoms with Crippen LogP contribution in [0.15, 0.2) is 12.3 Å². The van der Waals surface area contributed by atoms with Crippen molar-refractivity contribution >= 4 is 17.5 Å². The predicted molar refractivity (Wildman–Crippen MR) is 59.2 cm³/mol. The van der Waals surface area contributed by atoms with E-state index in [0.29, 0.717) is 10.7 Å². The molecule has 1 aliphatic rings. The fourth-order valence-corrected chi connectivity index (χ4v) is 2.04. The van der Waals surface area contributed by atoms with E-state index in [1.54, 1.807) is 16.8 Å². The highest BCUT2D eigenvalue weighted by Crippen LogP contribution is 2.13. The first kappa shape index (κ1) is 10.5. The zero-order valence-corrected chi connectivity index (χ0v) is 9.34. The van der Waals surface area contributed by atoms with Gasteiger partial charge in [0.25, 0.3) is 5.91 Å². The monoisotopic (exact) mass is 227 g/mol. The summed E-state index contributed by atoms with van der Waals surface area (Å²) < 4.78 is 1.74. The maximum Gasteiger partial charge on any atom is 0.268 e. The second kappa shape index (κ2) is 4.24. The van der Waals surface area contributed by atoms with Gasteiger partial charge in [-0.05, 0) is 19.0 Å². The maximum atomic E-state index is 11.8. The van der Waals surface area contributed by atoms with Crippen molar-refractivity contribution in [2.24, 2.45) is 7.05 Å². The number of carbonyl (C=O) groups excluding carboxylic acids is 1. The third kappa shape index (κ3) is 2.33. The molecule has 0 radical (unpaired) electrons. The van der Waals surface area contributed by atoms with Gasteiger partial charge >= 0.3 is 0 Å². The number of rotatable bonds is 2. The largest absolute Gasteiger partial charge is 0.347 e. The first-order chi connectivity index (χ1) is 7.16. The van der Waals surface area contributed by atoms with Crippen LogP contribution in [0.5, 0.6) is 0 Å². The highest BCUT2D eigenvalue weighted by molar-refractivity contribution is 6.31. The van der Waals surface area contributed by atoms with Crippen molar-refractivity contribution in [3.05, 3.63) is 23.0 Å². The summed E-state index contributed by atoms with van der Waals surface area (Å²) in [7, 11) is 1.81. The number of carbonyl (C=O) groups is 1. The molecule has 1 aliphatic heterocycles. The summed E-state index contributed by atoms with van der Waals surface area (Å²) in [5.74, 6) is -0.0573. The average Bonchev–Trinajstić information content (AvgIpc) is 2.75. The number of hydrogen-bond donors (Lipinski definition) is 2. The Hall–Kier alpha value is -1.00. The van der Waals surface area contributed by atoms with Gasteiger partial charge in [0.05, 0.1) is 5.02 Å². The van der Waals surface area contributed by atoms with Gasteiger partial charge in [0.15, 0.2) is 0 Å². The minimum Gasteiger partial charge on any atom is -0.347 e. The van der Waals surface area contributed by atoms with Crippen LogP contribution in [0.1, 0.15) is 16.9 Å². The van der Waals surface area contributed by atoms with Crippen LogP contribution in [-0.2, 0) is 7.05 Å². The first-order valence-corrected chi connectivity index (χ1v) is 5.38. The molecule has 1 amide bonds. The number of halogens is 1. The van der Waals surface area contributed by atoms with E-state index in [4.69, 9.17) is 11.6 Å². The van der Waals surface area contributed by atoms with E-state index in [0.717, 1.165) is 19.5 Å². The molecule has 1 saturated heterocycles. The molecule has 2 heterocycles. The smallest absolute Gasteiger partial charge is 0.268 e. The van der Waals surface area contributed by atoms with E-state index in [9.17, 15) is 4.79 Å². The zero-order chi connectivity index (χ0) is 10.8. The summed E-state index contributed by atoms with van der Waals surface area (Å²) in [6.07, 6.45) is 2.72. The third-order valence-corrected chi connectivity index (χ3v) is 2.81. The lowest BCUT2D eigenvalue weighted by Gasteiger charge is -2.11. The summed E-state index contributed by atoms with van der Waals surface area (Å²) in [5, 5.41) is 6.76. The molecule has 1 atom stereocenters. The number of amides is 1. The number of hydrogen-bond acceptors (Lipinski definition) is 2. The SMILES string of the molecule is Cn1cc(Cl)cc1C(=O)N[C@H]1CCNC1. The lowest BCUT2D eigenvalue weighted by atomic mass is 10.2. The van der Waals surface area contributed by atoms with Gasteiger partial charge in [-0.1, -0.05) is 11.6 Å². The van der Waals surface area contributed by atoms with Crippen LogP contribution >= 0.6 is 11.6 Å². The molecule has 0 bridgehead atoms. The molecule has 82 valence electrons. The molecule has 5 heteroatoms. The zero-order valence-electron chi connectivity index (χ0n) is 8.59. The fourth-order valence-electron chi connectivity index (χ4n) is 1.79. The molecular weight excluding hydrogens is 214 g/mol. The molecule has 1 fully saturated rings. The van der Waals surface area contributed by atoms with Crippen LogP contribution in [0.2, 0.25) is 5.02 Å². The number of nitrogens with zero attached hydrogens (tertiary/aromatic N) is 1. The second-order valence-corrected chi connectivity index (χ2v) is 4.25. The Morgan fingerprint density at radius 1 is 1.73 bits per heavy atom. The Balaban J connectivity index is 2.03. The fraction of sp³-hybridized carbons (Fsp3) is 0.500. The van der Waals surface area contributed by atoms with Gasteiger partial charge in [-0.25, -0.2) is 0 Å². The summed E-state index contributed by atoms with van der Waals surface area (Å²) in [4.78, 5) is 11.8. The molecule has 0 unspecified atom stereocenters. The van der Waals surface area contributed by atoms with Gasteiger partial charge in [0, 0.05) is 25.8 Å². The predicted octanol–water partition coefficient (Wildman–Crippen LogP) is 0.770. The van der Waals surface area contributed by atoms with E-state index >= 15 is 0 Å². The van der Waals surface area contributed by atoms with Gasteiger partial charge in [-0.2, -0.15) is 0 Å². The quantitative estimate of drug-likeness (QED) is 0.784. The van der Waals surface area contributed by atoms with Crippen LogP contribution in [-0.4, -0.2) is 29.6 Å². The summed E-state index contributed by atoms with van der Waals surface area (Å²) in [5.41, 5.74) is 0.604. The van der Waals surface area contributed by atoms with Crippen LogP contribution < -0.4 is 10.6 Å². The summed E-state index contributed by atoms with van der Waals surface area (Å²) >= 11 is 5.81. The van der Waals surface area contributed by atoms with Crippen molar-refractivity contribution in [2.75, 3.05) is 13.1 Å². The molecule has 2 rings (SSSR count). The summed E-state index contributed by atoms with van der Waals surface area (Å²) in [6, 6.07) is 1.92. The number of nitrogens with one attached hydrogen (secondary N) is 2. The summed E-state index contributed by atoms with van der Waals surface area (Å²) in [6.45, 7) is 1.82. The van der Waals surface area contributed by atoms with Crippen molar-refractivity contribution in [1.29, 1.82) is 0 Å². The second-order valence-electron chi connectivity index (χ2n) is 3.82. The lowest BCUT2D eigenvalue weighted by molar-refractivity contribution is 0.0932. The van der Waals surface area contributed by atoms with E-state index in [1.165, 1.54) is 0 Å². The average molecular weight is 228 g/mol.